The van der Waals surface area contributed by atoms with Gasteiger partial charge in [-0.05, 0) is 33.1 Å². The van der Waals surface area contributed by atoms with Gasteiger partial charge < -0.3 is 5.11 Å². The predicted molar refractivity (Wildman–Crippen MR) is 77.3 cm³/mol. The second-order valence-electron chi connectivity index (χ2n) is 7.09. The van der Waals surface area contributed by atoms with Crippen molar-refractivity contribution in [2.24, 2.45) is 0 Å². The molecule has 0 bridgehead atoms. The van der Waals surface area contributed by atoms with Gasteiger partial charge in [-0.3, -0.25) is 14.7 Å². The summed E-state index contributed by atoms with van der Waals surface area (Å²) in [6, 6.07) is 1.44. The van der Waals surface area contributed by atoms with Crippen LogP contribution in [0.15, 0.2) is 0 Å². The maximum atomic E-state index is 10.2. The molecule has 2 saturated heterocycles. The Morgan fingerprint density at radius 2 is 1.74 bits per heavy atom. The molecule has 2 aliphatic heterocycles. The van der Waals surface area contributed by atoms with Crippen molar-refractivity contribution < 1.29 is 5.11 Å². The van der Waals surface area contributed by atoms with E-state index in [-0.39, 0.29) is 5.60 Å². The first-order chi connectivity index (χ1) is 9.06. The summed E-state index contributed by atoms with van der Waals surface area (Å²) in [5.74, 6) is 0. The summed E-state index contributed by atoms with van der Waals surface area (Å²) >= 11 is 0. The number of hydrogen-bond acceptors (Lipinski definition) is 4. The van der Waals surface area contributed by atoms with Crippen LogP contribution in [0.5, 0.6) is 0 Å². The molecule has 0 aromatic heterocycles. The average Bonchev–Trinajstić information content (AvgIpc) is 2.31. The van der Waals surface area contributed by atoms with E-state index in [2.05, 4.69) is 28.5 Å². The molecule has 1 N–H and O–H groups in total. The van der Waals surface area contributed by atoms with Crippen molar-refractivity contribution in [3.63, 3.8) is 0 Å². The summed E-state index contributed by atoms with van der Waals surface area (Å²) < 4.78 is 0. The molecule has 0 aromatic carbocycles. The Hall–Kier alpha value is -0.160. The molecule has 4 heteroatoms. The van der Waals surface area contributed by atoms with Crippen LogP contribution in [-0.4, -0.2) is 83.3 Å². The summed E-state index contributed by atoms with van der Waals surface area (Å²) in [6.45, 7) is 12.7. The number of hydrogen-bond donors (Lipinski definition) is 1. The van der Waals surface area contributed by atoms with Gasteiger partial charge in [0.15, 0.2) is 0 Å². The molecule has 0 radical (unpaired) electrons. The number of aliphatic hydroxyl groups is 1. The smallest absolute Gasteiger partial charge is 0.0774 e. The molecule has 0 aromatic rings. The van der Waals surface area contributed by atoms with Crippen LogP contribution in [0.4, 0.5) is 0 Å². The van der Waals surface area contributed by atoms with Crippen molar-refractivity contribution in [3.8, 4) is 0 Å². The minimum Gasteiger partial charge on any atom is -0.389 e. The number of likely N-dealkylation sites (tertiary alicyclic amines) is 1. The summed E-state index contributed by atoms with van der Waals surface area (Å²) in [5.41, 5.74) is -0.332. The second-order valence-corrected chi connectivity index (χ2v) is 7.09. The van der Waals surface area contributed by atoms with Crippen LogP contribution in [-0.2, 0) is 0 Å². The normalized spacial score (nSPS) is 30.3. The third-order valence-corrected chi connectivity index (χ3v) is 5.34. The van der Waals surface area contributed by atoms with E-state index in [1.807, 2.05) is 0 Å². The number of β-amino-alcohol motifs (C(OH)–C–C–N with tert-alkyl or cyclic N) is 1. The second kappa shape index (κ2) is 5.32. The molecule has 3 rings (SSSR count). The third-order valence-electron chi connectivity index (χ3n) is 5.34. The average molecular weight is 267 g/mol. The Bertz CT molecular complexity index is 303. The van der Waals surface area contributed by atoms with E-state index in [0.29, 0.717) is 6.04 Å². The minimum absolute atomic E-state index is 0.332. The Morgan fingerprint density at radius 3 is 2.21 bits per heavy atom. The van der Waals surface area contributed by atoms with E-state index in [0.717, 1.165) is 25.4 Å². The van der Waals surface area contributed by atoms with Crippen molar-refractivity contribution >= 4 is 0 Å². The van der Waals surface area contributed by atoms with E-state index < -0.39 is 0 Å². The standard InChI is InChI=1S/C15H29N3O/c1-13(2)17-6-8-18(9-7-17)14-10-16(11-14)12-15(19)4-3-5-15/h13-14,19H,3-12H2,1-2H3. The quantitative estimate of drug-likeness (QED) is 0.808. The van der Waals surface area contributed by atoms with Crippen molar-refractivity contribution in [1.82, 2.24) is 14.7 Å². The molecule has 3 aliphatic rings. The van der Waals surface area contributed by atoms with Gasteiger partial charge in [0.2, 0.25) is 0 Å². The zero-order valence-corrected chi connectivity index (χ0v) is 12.5. The highest BCUT2D eigenvalue weighted by molar-refractivity contribution is 4.97. The minimum atomic E-state index is -0.332. The van der Waals surface area contributed by atoms with Gasteiger partial charge in [0.1, 0.15) is 0 Å². The lowest BCUT2D eigenvalue weighted by Crippen LogP contribution is -2.65. The van der Waals surface area contributed by atoms with Gasteiger partial charge in [0.05, 0.1) is 5.60 Å². The van der Waals surface area contributed by atoms with E-state index in [9.17, 15) is 5.11 Å². The molecule has 3 fully saturated rings. The van der Waals surface area contributed by atoms with Gasteiger partial charge >= 0.3 is 0 Å². The van der Waals surface area contributed by atoms with E-state index in [4.69, 9.17) is 0 Å². The van der Waals surface area contributed by atoms with Gasteiger partial charge in [-0.2, -0.15) is 0 Å². The Kier molecular flexibility index (Phi) is 3.87. The van der Waals surface area contributed by atoms with Crippen molar-refractivity contribution in [3.05, 3.63) is 0 Å². The molecule has 1 saturated carbocycles. The van der Waals surface area contributed by atoms with Crippen LogP contribution >= 0.6 is 0 Å². The van der Waals surface area contributed by atoms with Gasteiger partial charge in [0.25, 0.3) is 0 Å². The first kappa shape index (κ1) is 13.8. The molecule has 4 nitrogen and oxygen atoms in total. The van der Waals surface area contributed by atoms with Gasteiger partial charge in [-0.15, -0.1) is 0 Å². The van der Waals surface area contributed by atoms with Crippen LogP contribution in [0.2, 0.25) is 0 Å². The van der Waals surface area contributed by atoms with Crippen molar-refractivity contribution in [1.29, 1.82) is 0 Å². The number of piperazine rings is 1. The molecule has 0 spiro atoms. The molecular weight excluding hydrogens is 238 g/mol. The summed E-state index contributed by atoms with van der Waals surface area (Å²) in [4.78, 5) is 7.67. The molecular formula is C15H29N3O. The Morgan fingerprint density at radius 1 is 1.11 bits per heavy atom. The molecule has 110 valence electrons. The lowest BCUT2D eigenvalue weighted by molar-refractivity contribution is -0.0904. The zero-order chi connectivity index (χ0) is 13.5. The van der Waals surface area contributed by atoms with Gasteiger partial charge in [-0.1, -0.05) is 0 Å². The fraction of sp³-hybridized carbons (Fsp3) is 1.00. The predicted octanol–water partition coefficient (Wildman–Crippen LogP) is 0.612. The van der Waals surface area contributed by atoms with Crippen LogP contribution in [0.3, 0.4) is 0 Å². The molecule has 0 unspecified atom stereocenters. The lowest BCUT2D eigenvalue weighted by Gasteiger charge is -2.51. The third kappa shape index (κ3) is 2.97. The lowest BCUT2D eigenvalue weighted by atomic mass is 9.79. The Balaban J connectivity index is 1.37. The fourth-order valence-corrected chi connectivity index (χ4v) is 3.68. The van der Waals surface area contributed by atoms with Crippen LogP contribution in [0.1, 0.15) is 33.1 Å². The Labute approximate surface area is 117 Å². The maximum absolute atomic E-state index is 10.2. The molecule has 0 amide bonds. The van der Waals surface area contributed by atoms with Crippen molar-refractivity contribution in [2.45, 2.75) is 50.8 Å². The molecule has 19 heavy (non-hydrogen) atoms. The van der Waals surface area contributed by atoms with Crippen LogP contribution in [0.25, 0.3) is 0 Å². The summed E-state index contributed by atoms with van der Waals surface area (Å²) in [7, 11) is 0. The highest BCUT2D eigenvalue weighted by Crippen LogP contribution is 2.33. The SMILES string of the molecule is CC(C)N1CCN(C2CN(CC3(O)CCC3)C2)CC1. The first-order valence-corrected chi connectivity index (χ1v) is 7.99. The summed E-state index contributed by atoms with van der Waals surface area (Å²) in [5, 5.41) is 10.2. The van der Waals surface area contributed by atoms with Crippen molar-refractivity contribution in [2.75, 3.05) is 45.8 Å². The van der Waals surface area contributed by atoms with E-state index in [1.54, 1.807) is 0 Å². The molecule has 2 heterocycles. The highest BCUT2D eigenvalue weighted by Gasteiger charge is 2.41. The van der Waals surface area contributed by atoms with Crippen LogP contribution in [0, 0.1) is 0 Å². The summed E-state index contributed by atoms with van der Waals surface area (Å²) in [6.07, 6.45) is 3.24. The molecule has 0 atom stereocenters. The zero-order valence-electron chi connectivity index (χ0n) is 12.5. The van der Waals surface area contributed by atoms with Gasteiger partial charge in [-0.25, -0.2) is 0 Å². The monoisotopic (exact) mass is 267 g/mol. The van der Waals surface area contributed by atoms with E-state index in [1.165, 1.54) is 45.7 Å². The van der Waals surface area contributed by atoms with Gasteiger partial charge in [0, 0.05) is 57.9 Å². The number of nitrogens with zero attached hydrogens (tertiary/aromatic N) is 3. The first-order valence-electron chi connectivity index (χ1n) is 7.99. The highest BCUT2D eigenvalue weighted by atomic mass is 16.3. The largest absolute Gasteiger partial charge is 0.389 e. The topological polar surface area (TPSA) is 30.0 Å². The maximum Gasteiger partial charge on any atom is 0.0774 e. The molecule has 1 aliphatic carbocycles. The van der Waals surface area contributed by atoms with E-state index >= 15 is 0 Å². The number of rotatable bonds is 4. The van der Waals surface area contributed by atoms with Crippen LogP contribution < -0.4 is 0 Å². The fourth-order valence-electron chi connectivity index (χ4n) is 3.68.